The van der Waals surface area contributed by atoms with E-state index in [1.54, 1.807) is 37.4 Å². The molecule has 0 radical (unpaired) electrons. The third-order valence-electron chi connectivity index (χ3n) is 3.84. The predicted molar refractivity (Wildman–Crippen MR) is 103 cm³/mol. The number of benzene rings is 2. The number of hydrogen-bond acceptors (Lipinski definition) is 6. The van der Waals surface area contributed by atoms with Crippen LogP contribution in [0.25, 0.3) is 6.08 Å². The van der Waals surface area contributed by atoms with Crippen LogP contribution in [0.4, 0.5) is 5.69 Å². The molecule has 1 fully saturated rings. The zero-order chi connectivity index (χ0) is 19.6. The summed E-state index contributed by atoms with van der Waals surface area (Å²) in [7, 11) is 3.08. The standard InChI is InChI=1S/C19H16N2O5S/c1-21-17(23)16(10-11-3-8-15(26-2)14(22)9-11)27-19(21)20-13-6-4-12(5-7-13)18(24)25/h3-10,22H,1-2H3,(H,24,25). The maximum absolute atomic E-state index is 12.5. The maximum Gasteiger partial charge on any atom is 0.335 e. The Balaban J connectivity index is 1.85. The lowest BCUT2D eigenvalue weighted by molar-refractivity contribution is -0.121. The Morgan fingerprint density at radius 1 is 1.22 bits per heavy atom. The smallest absolute Gasteiger partial charge is 0.335 e. The summed E-state index contributed by atoms with van der Waals surface area (Å²) >= 11 is 1.20. The Morgan fingerprint density at radius 3 is 2.52 bits per heavy atom. The summed E-state index contributed by atoms with van der Waals surface area (Å²) in [5, 5.41) is 19.3. The number of hydrogen-bond donors (Lipinski definition) is 2. The van der Waals surface area contributed by atoms with Gasteiger partial charge in [-0.2, -0.15) is 0 Å². The van der Waals surface area contributed by atoms with Crippen LogP contribution in [0.1, 0.15) is 15.9 Å². The van der Waals surface area contributed by atoms with E-state index >= 15 is 0 Å². The molecule has 0 saturated carbocycles. The van der Waals surface area contributed by atoms with E-state index < -0.39 is 5.97 Å². The second-order valence-electron chi connectivity index (χ2n) is 5.65. The first-order chi connectivity index (χ1) is 12.9. The van der Waals surface area contributed by atoms with E-state index in [0.717, 1.165) is 0 Å². The van der Waals surface area contributed by atoms with Gasteiger partial charge in [0.2, 0.25) is 0 Å². The molecule has 0 atom stereocenters. The molecule has 0 spiro atoms. The number of phenols is 1. The van der Waals surface area contributed by atoms with Gasteiger partial charge in [-0.25, -0.2) is 9.79 Å². The molecule has 1 aliphatic rings. The minimum absolute atomic E-state index is 0.0111. The van der Waals surface area contributed by atoms with Gasteiger partial charge in [0.25, 0.3) is 5.91 Å². The fourth-order valence-electron chi connectivity index (χ4n) is 2.39. The predicted octanol–water partition coefficient (Wildman–Crippen LogP) is 3.33. The number of carboxylic acids is 1. The first-order valence-electron chi connectivity index (χ1n) is 7.85. The van der Waals surface area contributed by atoms with Crippen molar-refractivity contribution in [3.8, 4) is 11.5 Å². The summed E-state index contributed by atoms with van der Waals surface area (Å²) in [5.41, 5.74) is 1.37. The Hall–Kier alpha value is -3.26. The summed E-state index contributed by atoms with van der Waals surface area (Å²) in [6.45, 7) is 0. The SMILES string of the molecule is COc1ccc(C=C2SC(=Nc3ccc(C(=O)O)cc3)N(C)C2=O)cc1O. The highest BCUT2D eigenvalue weighted by molar-refractivity contribution is 8.18. The van der Waals surface area contributed by atoms with E-state index in [4.69, 9.17) is 9.84 Å². The Bertz CT molecular complexity index is 967. The van der Waals surface area contributed by atoms with Crippen molar-refractivity contribution < 1.29 is 24.5 Å². The lowest BCUT2D eigenvalue weighted by Crippen LogP contribution is -2.23. The molecule has 0 unspecified atom stereocenters. The lowest BCUT2D eigenvalue weighted by Gasteiger charge is -2.07. The van der Waals surface area contributed by atoms with Crippen molar-refractivity contribution in [1.29, 1.82) is 0 Å². The number of likely N-dealkylation sites (N-methyl/N-ethyl adjacent to an activating group) is 1. The molecule has 0 aromatic heterocycles. The van der Waals surface area contributed by atoms with Crippen LogP contribution in [0.15, 0.2) is 52.4 Å². The molecule has 7 nitrogen and oxygen atoms in total. The number of phenolic OH excluding ortho intramolecular Hbond substituents is 1. The third-order valence-corrected chi connectivity index (χ3v) is 4.90. The fourth-order valence-corrected chi connectivity index (χ4v) is 3.38. The van der Waals surface area contributed by atoms with Gasteiger partial charge < -0.3 is 14.9 Å². The van der Waals surface area contributed by atoms with Crippen LogP contribution in [0.3, 0.4) is 0 Å². The van der Waals surface area contributed by atoms with Crippen molar-refractivity contribution in [3.05, 3.63) is 58.5 Å². The average molecular weight is 384 g/mol. The van der Waals surface area contributed by atoms with Gasteiger partial charge in [-0.1, -0.05) is 6.07 Å². The van der Waals surface area contributed by atoms with Crippen molar-refractivity contribution in [1.82, 2.24) is 4.90 Å². The van der Waals surface area contributed by atoms with Crippen LogP contribution in [0, 0.1) is 0 Å². The second-order valence-corrected chi connectivity index (χ2v) is 6.66. The monoisotopic (exact) mass is 384 g/mol. The normalized spacial score (nSPS) is 17.0. The van der Waals surface area contributed by atoms with Gasteiger partial charge in [-0.05, 0) is 59.8 Å². The number of aromatic hydroxyl groups is 1. The third kappa shape index (κ3) is 3.95. The van der Waals surface area contributed by atoms with Crippen LogP contribution in [0.2, 0.25) is 0 Å². The number of amidine groups is 1. The molecule has 2 aromatic carbocycles. The Labute approximate surface area is 159 Å². The summed E-state index contributed by atoms with van der Waals surface area (Å²) in [4.78, 5) is 29.7. The fraction of sp³-hybridized carbons (Fsp3) is 0.105. The molecular formula is C19H16N2O5S. The second kappa shape index (κ2) is 7.55. The molecule has 1 aliphatic heterocycles. The Morgan fingerprint density at radius 2 is 1.93 bits per heavy atom. The number of ether oxygens (including phenoxy) is 1. The van der Waals surface area contributed by atoms with Crippen LogP contribution in [0.5, 0.6) is 11.5 Å². The maximum atomic E-state index is 12.5. The van der Waals surface area contributed by atoms with E-state index in [0.29, 0.717) is 27.1 Å². The van der Waals surface area contributed by atoms with E-state index in [1.165, 1.54) is 42.0 Å². The van der Waals surface area contributed by atoms with Crippen molar-refractivity contribution in [3.63, 3.8) is 0 Å². The number of carbonyl (C=O) groups is 2. The number of carboxylic acid groups (broad SMARTS) is 1. The largest absolute Gasteiger partial charge is 0.504 e. The summed E-state index contributed by atoms with van der Waals surface area (Å²) in [5.74, 6) is -0.879. The molecule has 8 heteroatoms. The number of rotatable bonds is 4. The molecule has 3 rings (SSSR count). The number of methoxy groups -OCH3 is 1. The van der Waals surface area contributed by atoms with E-state index in [-0.39, 0.29) is 17.2 Å². The number of carbonyl (C=O) groups excluding carboxylic acids is 1. The van der Waals surface area contributed by atoms with Crippen molar-refractivity contribution in [2.75, 3.05) is 14.2 Å². The molecule has 0 aliphatic carbocycles. The van der Waals surface area contributed by atoms with E-state index in [2.05, 4.69) is 4.99 Å². The van der Waals surface area contributed by atoms with Gasteiger partial charge in [-0.3, -0.25) is 9.69 Å². The molecular weight excluding hydrogens is 368 g/mol. The minimum Gasteiger partial charge on any atom is -0.504 e. The zero-order valence-electron chi connectivity index (χ0n) is 14.5. The van der Waals surface area contributed by atoms with Crippen molar-refractivity contribution in [2.24, 2.45) is 4.99 Å². The molecule has 2 N–H and O–H groups in total. The van der Waals surface area contributed by atoms with Crippen LogP contribution >= 0.6 is 11.8 Å². The van der Waals surface area contributed by atoms with Gasteiger partial charge >= 0.3 is 5.97 Å². The topological polar surface area (TPSA) is 99.4 Å². The number of amides is 1. The van der Waals surface area contributed by atoms with Gasteiger partial charge in [0.1, 0.15) is 0 Å². The quantitative estimate of drug-likeness (QED) is 0.785. The average Bonchev–Trinajstić information content (AvgIpc) is 2.90. The summed E-state index contributed by atoms with van der Waals surface area (Å²) < 4.78 is 5.01. The van der Waals surface area contributed by atoms with Gasteiger partial charge in [-0.15, -0.1) is 0 Å². The van der Waals surface area contributed by atoms with Crippen molar-refractivity contribution >= 4 is 40.6 Å². The molecule has 27 heavy (non-hydrogen) atoms. The summed E-state index contributed by atoms with van der Waals surface area (Å²) in [6.07, 6.45) is 1.67. The molecule has 1 saturated heterocycles. The Kier molecular flexibility index (Phi) is 5.18. The molecule has 138 valence electrons. The van der Waals surface area contributed by atoms with Crippen LogP contribution < -0.4 is 4.74 Å². The van der Waals surface area contributed by atoms with Gasteiger partial charge in [0.05, 0.1) is 23.3 Å². The first kappa shape index (κ1) is 18.5. The molecule has 0 bridgehead atoms. The first-order valence-corrected chi connectivity index (χ1v) is 8.67. The number of thioether (sulfide) groups is 1. The van der Waals surface area contributed by atoms with Crippen molar-refractivity contribution in [2.45, 2.75) is 0 Å². The highest BCUT2D eigenvalue weighted by Crippen LogP contribution is 2.34. The number of aliphatic imine (C=N–C) groups is 1. The van der Waals surface area contributed by atoms with Crippen LogP contribution in [-0.2, 0) is 4.79 Å². The van der Waals surface area contributed by atoms with Crippen LogP contribution in [-0.4, -0.2) is 46.3 Å². The highest BCUT2D eigenvalue weighted by Gasteiger charge is 2.30. The summed E-state index contributed by atoms with van der Waals surface area (Å²) in [6, 6.07) is 10.9. The number of nitrogens with zero attached hydrogens (tertiary/aromatic N) is 2. The lowest BCUT2D eigenvalue weighted by atomic mass is 10.2. The highest BCUT2D eigenvalue weighted by atomic mass is 32.2. The number of aromatic carboxylic acids is 1. The minimum atomic E-state index is -1.01. The molecule has 2 aromatic rings. The van der Waals surface area contributed by atoms with Gasteiger partial charge in [0, 0.05) is 7.05 Å². The zero-order valence-corrected chi connectivity index (χ0v) is 15.4. The van der Waals surface area contributed by atoms with E-state index in [9.17, 15) is 14.7 Å². The van der Waals surface area contributed by atoms with E-state index in [1.807, 2.05) is 0 Å². The van der Waals surface area contributed by atoms with Gasteiger partial charge in [0.15, 0.2) is 16.7 Å². The molecule has 1 amide bonds. The molecule has 1 heterocycles.